The molecular formula is C17H17BrO2S. The number of allylic oxidation sites excluding steroid dienone is 1. The highest BCUT2D eigenvalue weighted by atomic mass is 79.9. The van der Waals surface area contributed by atoms with Gasteiger partial charge < -0.3 is 4.74 Å². The van der Waals surface area contributed by atoms with Crippen molar-refractivity contribution in [3.8, 4) is 5.75 Å². The maximum absolute atomic E-state index is 12.2. The van der Waals surface area contributed by atoms with Gasteiger partial charge in [0.25, 0.3) is 0 Å². The van der Waals surface area contributed by atoms with E-state index in [0.717, 1.165) is 33.5 Å². The molecule has 1 aromatic carbocycles. The van der Waals surface area contributed by atoms with Crippen molar-refractivity contribution >= 4 is 39.1 Å². The fourth-order valence-electron chi connectivity index (χ4n) is 1.98. The summed E-state index contributed by atoms with van der Waals surface area (Å²) in [6.07, 6.45) is 5.47. The van der Waals surface area contributed by atoms with Crippen molar-refractivity contribution in [2.45, 2.75) is 19.8 Å². The summed E-state index contributed by atoms with van der Waals surface area (Å²) in [4.78, 5) is 14.2. The van der Waals surface area contributed by atoms with Crippen LogP contribution in [0.2, 0.25) is 0 Å². The fourth-order valence-corrected chi connectivity index (χ4v) is 3.87. The van der Waals surface area contributed by atoms with Gasteiger partial charge in [-0.25, -0.2) is 0 Å². The van der Waals surface area contributed by atoms with Crippen LogP contribution < -0.4 is 4.74 Å². The minimum absolute atomic E-state index is 0.0222. The quantitative estimate of drug-likeness (QED) is 0.508. The Morgan fingerprint density at radius 1 is 1.38 bits per heavy atom. The van der Waals surface area contributed by atoms with E-state index in [2.05, 4.69) is 22.9 Å². The summed E-state index contributed by atoms with van der Waals surface area (Å²) in [6, 6.07) is 9.55. The molecule has 0 bridgehead atoms. The van der Waals surface area contributed by atoms with Crippen LogP contribution in [0.5, 0.6) is 5.75 Å². The Bertz CT molecular complexity index is 659. The second kappa shape index (κ2) is 7.57. The maximum atomic E-state index is 12.2. The molecule has 0 aliphatic rings. The highest BCUT2D eigenvalue weighted by Gasteiger charge is 2.11. The van der Waals surface area contributed by atoms with Gasteiger partial charge in [0, 0.05) is 14.9 Å². The standard InChI is InChI=1S/C17H17BrO2S/c1-3-6-16-13(18)11-17(21-16)14(19)10-9-12-7-4-5-8-15(12)20-2/h4-5,7-11H,3,6H2,1-2H3/b10-9+. The average molecular weight is 365 g/mol. The number of aryl methyl sites for hydroxylation is 1. The van der Waals surface area contributed by atoms with E-state index in [4.69, 9.17) is 4.74 Å². The van der Waals surface area contributed by atoms with Crippen molar-refractivity contribution < 1.29 is 9.53 Å². The molecule has 0 saturated heterocycles. The molecule has 110 valence electrons. The highest BCUT2D eigenvalue weighted by Crippen LogP contribution is 2.29. The van der Waals surface area contributed by atoms with Gasteiger partial charge in [-0.05, 0) is 46.6 Å². The van der Waals surface area contributed by atoms with Crippen LogP contribution in [0.15, 0.2) is 40.9 Å². The second-order valence-corrected chi connectivity index (χ2v) is 6.56. The zero-order chi connectivity index (χ0) is 15.2. The summed E-state index contributed by atoms with van der Waals surface area (Å²) in [5.41, 5.74) is 0.901. The molecule has 4 heteroatoms. The van der Waals surface area contributed by atoms with Crippen LogP contribution in [-0.2, 0) is 6.42 Å². The van der Waals surface area contributed by atoms with E-state index in [9.17, 15) is 4.79 Å². The van der Waals surface area contributed by atoms with Crippen LogP contribution in [0.1, 0.15) is 33.5 Å². The molecule has 0 radical (unpaired) electrons. The molecule has 1 heterocycles. The summed E-state index contributed by atoms with van der Waals surface area (Å²) in [5, 5.41) is 0. The largest absolute Gasteiger partial charge is 0.496 e. The molecule has 0 spiro atoms. The molecule has 2 rings (SSSR count). The lowest BCUT2D eigenvalue weighted by Gasteiger charge is -2.02. The predicted molar refractivity (Wildman–Crippen MR) is 92.4 cm³/mol. The number of thiophene rings is 1. The molecule has 2 aromatic rings. The Balaban J connectivity index is 2.17. The maximum Gasteiger partial charge on any atom is 0.195 e. The van der Waals surface area contributed by atoms with Crippen LogP contribution in [0.25, 0.3) is 6.08 Å². The number of methoxy groups -OCH3 is 1. The van der Waals surface area contributed by atoms with Gasteiger partial charge in [-0.15, -0.1) is 11.3 Å². The normalized spacial score (nSPS) is 11.0. The highest BCUT2D eigenvalue weighted by molar-refractivity contribution is 9.10. The van der Waals surface area contributed by atoms with E-state index in [1.165, 1.54) is 4.88 Å². The molecule has 0 N–H and O–H groups in total. The number of ketones is 1. The lowest BCUT2D eigenvalue weighted by atomic mass is 10.1. The van der Waals surface area contributed by atoms with E-state index in [-0.39, 0.29) is 5.78 Å². The van der Waals surface area contributed by atoms with Crippen molar-refractivity contribution in [1.29, 1.82) is 0 Å². The Morgan fingerprint density at radius 3 is 2.86 bits per heavy atom. The number of benzene rings is 1. The van der Waals surface area contributed by atoms with E-state index < -0.39 is 0 Å². The van der Waals surface area contributed by atoms with Crippen molar-refractivity contribution in [1.82, 2.24) is 0 Å². The number of para-hydroxylation sites is 1. The van der Waals surface area contributed by atoms with Crippen molar-refractivity contribution in [3.63, 3.8) is 0 Å². The number of carbonyl (C=O) groups is 1. The number of hydrogen-bond acceptors (Lipinski definition) is 3. The van der Waals surface area contributed by atoms with E-state index in [0.29, 0.717) is 0 Å². The average Bonchev–Trinajstić information content (AvgIpc) is 2.87. The molecule has 0 aliphatic heterocycles. The monoisotopic (exact) mass is 364 g/mol. The molecule has 0 unspecified atom stereocenters. The summed E-state index contributed by atoms with van der Waals surface area (Å²) >= 11 is 5.08. The van der Waals surface area contributed by atoms with E-state index in [1.54, 1.807) is 30.6 Å². The molecule has 0 amide bonds. The van der Waals surface area contributed by atoms with Crippen LogP contribution in [0, 0.1) is 0 Å². The Kier molecular flexibility index (Phi) is 5.76. The van der Waals surface area contributed by atoms with Crippen LogP contribution in [0.4, 0.5) is 0 Å². The summed E-state index contributed by atoms with van der Waals surface area (Å²) in [7, 11) is 1.63. The second-order valence-electron chi connectivity index (χ2n) is 4.57. The molecule has 0 atom stereocenters. The van der Waals surface area contributed by atoms with Crippen molar-refractivity contribution in [3.05, 3.63) is 56.2 Å². The first kappa shape index (κ1) is 16.0. The van der Waals surface area contributed by atoms with E-state index >= 15 is 0 Å². The number of halogens is 1. The van der Waals surface area contributed by atoms with Gasteiger partial charge in [-0.1, -0.05) is 31.5 Å². The topological polar surface area (TPSA) is 26.3 Å². The lowest BCUT2D eigenvalue weighted by molar-refractivity contribution is 0.105. The Hall–Kier alpha value is -1.39. The fraction of sp³-hybridized carbons (Fsp3) is 0.235. The van der Waals surface area contributed by atoms with Gasteiger partial charge in [0.15, 0.2) is 5.78 Å². The third-order valence-corrected chi connectivity index (χ3v) is 5.21. The van der Waals surface area contributed by atoms with Gasteiger partial charge in [0.2, 0.25) is 0 Å². The zero-order valence-electron chi connectivity index (χ0n) is 12.1. The number of rotatable bonds is 6. The molecule has 0 fully saturated rings. The van der Waals surface area contributed by atoms with Crippen LogP contribution in [0.3, 0.4) is 0 Å². The summed E-state index contributed by atoms with van der Waals surface area (Å²) in [5.74, 6) is 0.787. The predicted octanol–water partition coefficient (Wildman–Crippen LogP) is 5.37. The first-order valence-electron chi connectivity index (χ1n) is 6.79. The van der Waals surface area contributed by atoms with Gasteiger partial charge >= 0.3 is 0 Å². The SMILES string of the molecule is CCCc1sc(C(=O)/C=C/c2ccccc2OC)cc1Br. The van der Waals surface area contributed by atoms with Crippen LogP contribution >= 0.6 is 27.3 Å². The first-order chi connectivity index (χ1) is 10.2. The first-order valence-corrected chi connectivity index (χ1v) is 8.40. The molecule has 1 aromatic heterocycles. The minimum atomic E-state index is 0.0222. The molecule has 21 heavy (non-hydrogen) atoms. The molecular weight excluding hydrogens is 348 g/mol. The number of ether oxygens (including phenoxy) is 1. The number of carbonyl (C=O) groups excluding carboxylic acids is 1. The van der Waals surface area contributed by atoms with Crippen molar-refractivity contribution in [2.75, 3.05) is 7.11 Å². The van der Waals surface area contributed by atoms with Crippen molar-refractivity contribution in [2.24, 2.45) is 0 Å². The summed E-state index contributed by atoms with van der Waals surface area (Å²) < 4.78 is 6.30. The zero-order valence-corrected chi connectivity index (χ0v) is 14.5. The number of hydrogen-bond donors (Lipinski definition) is 0. The smallest absolute Gasteiger partial charge is 0.195 e. The molecule has 0 saturated carbocycles. The van der Waals surface area contributed by atoms with Gasteiger partial charge in [0.05, 0.1) is 12.0 Å². The van der Waals surface area contributed by atoms with Gasteiger partial charge in [-0.3, -0.25) is 4.79 Å². The summed E-state index contributed by atoms with van der Waals surface area (Å²) in [6.45, 7) is 2.13. The van der Waals surface area contributed by atoms with Crippen LogP contribution in [-0.4, -0.2) is 12.9 Å². The van der Waals surface area contributed by atoms with Gasteiger partial charge in [-0.2, -0.15) is 0 Å². The third-order valence-electron chi connectivity index (χ3n) is 3.03. The van der Waals surface area contributed by atoms with E-state index in [1.807, 2.05) is 30.3 Å². The molecule has 2 nitrogen and oxygen atoms in total. The molecule has 0 aliphatic carbocycles. The lowest BCUT2D eigenvalue weighted by Crippen LogP contribution is -1.90. The Labute approximate surface area is 137 Å². The Morgan fingerprint density at radius 2 is 2.14 bits per heavy atom. The third kappa shape index (κ3) is 4.05. The van der Waals surface area contributed by atoms with Gasteiger partial charge in [0.1, 0.15) is 5.75 Å². The minimum Gasteiger partial charge on any atom is -0.496 e.